The highest BCUT2D eigenvalue weighted by Gasteiger charge is 2.32. The van der Waals surface area contributed by atoms with E-state index in [4.69, 9.17) is 0 Å². The van der Waals surface area contributed by atoms with Gasteiger partial charge >= 0.3 is 6.03 Å². The lowest BCUT2D eigenvalue weighted by molar-refractivity contribution is -0.384. The molecule has 4 aromatic rings. The second-order valence-electron chi connectivity index (χ2n) is 8.24. The molecule has 0 aliphatic carbocycles. The molecule has 2 heterocycles. The first-order valence-corrected chi connectivity index (χ1v) is 12.7. The number of aromatic hydroxyl groups is 1. The van der Waals surface area contributed by atoms with E-state index in [0.29, 0.717) is 22.2 Å². The molecular weight excluding hydrogens is 514 g/mol. The van der Waals surface area contributed by atoms with Gasteiger partial charge in [-0.2, -0.15) is 0 Å². The summed E-state index contributed by atoms with van der Waals surface area (Å²) in [4.78, 5) is 40.4. The summed E-state index contributed by atoms with van der Waals surface area (Å²) >= 11 is 0. The van der Waals surface area contributed by atoms with Crippen molar-refractivity contribution < 1.29 is 28.0 Å². The van der Waals surface area contributed by atoms with E-state index in [-0.39, 0.29) is 40.7 Å². The lowest BCUT2D eigenvalue weighted by atomic mass is 10.0. The topological polar surface area (TPSA) is 173 Å². The molecule has 1 aliphatic heterocycles. The second-order valence-corrected chi connectivity index (χ2v) is 10.0. The highest BCUT2D eigenvalue weighted by molar-refractivity contribution is 7.89. The van der Waals surface area contributed by atoms with Gasteiger partial charge < -0.3 is 10.4 Å². The Balaban J connectivity index is 1.33. The minimum absolute atomic E-state index is 0.0160. The molecule has 1 aromatic heterocycles. The number of aromatic nitrogens is 1. The molecule has 0 radical (unpaired) electrons. The number of carbonyl (C=O) groups excluding carboxylic acids is 2. The Bertz CT molecular complexity index is 1760. The lowest BCUT2D eigenvalue weighted by Gasteiger charge is -2.10. The molecule has 5 rings (SSSR count). The van der Waals surface area contributed by atoms with Gasteiger partial charge in [0.25, 0.3) is 5.69 Å². The number of rotatable bonds is 7. The number of nitrogens with zero attached hydrogens (tertiary/aromatic N) is 3. The zero-order valence-electron chi connectivity index (χ0n) is 19.5. The number of Topliss-reactive ketones (excluding diaryl/α,β-unsaturated/α-hetero) is 1. The fraction of sp³-hybridized carbons (Fsp3) is 0.0800. The van der Waals surface area contributed by atoms with Crippen LogP contribution >= 0.6 is 0 Å². The average molecular weight is 534 g/mol. The molecule has 1 amide bonds. The lowest BCUT2D eigenvalue weighted by Crippen LogP contribution is -2.36. The fourth-order valence-electron chi connectivity index (χ4n) is 4.16. The van der Waals surface area contributed by atoms with Crippen molar-refractivity contribution in [2.75, 3.05) is 13.1 Å². The fourth-order valence-corrected chi connectivity index (χ4v) is 5.19. The second kappa shape index (κ2) is 9.53. The van der Waals surface area contributed by atoms with E-state index < -0.39 is 26.9 Å². The van der Waals surface area contributed by atoms with E-state index in [1.807, 2.05) is 0 Å². The molecule has 0 saturated heterocycles. The molecule has 3 N–H and O–H groups in total. The number of para-hydroxylation sites is 2. The average Bonchev–Trinajstić information content (AvgIpc) is 3.39. The standard InChI is InChI=1S/C25H19N5O7S/c31-23-17-5-1-3-7-19(17)28-22(23)21-18-6-2-4-8-20(18)29(24(21)32)25(33)26-13-14-27-38(36,37)16-11-9-15(10-12-16)30(34)35/h1-12,27,32H,13-14H2,(H,26,33). The van der Waals surface area contributed by atoms with Crippen molar-refractivity contribution in [1.82, 2.24) is 14.6 Å². The molecule has 0 fully saturated rings. The maximum Gasteiger partial charge on any atom is 0.328 e. The zero-order chi connectivity index (χ0) is 27.0. The molecule has 1 aliphatic rings. The molecular formula is C25H19N5O7S. The minimum atomic E-state index is -3.98. The van der Waals surface area contributed by atoms with Gasteiger partial charge in [0.1, 0.15) is 5.71 Å². The molecule has 13 heteroatoms. The summed E-state index contributed by atoms with van der Waals surface area (Å²) in [7, 11) is -3.98. The Morgan fingerprint density at radius 3 is 2.39 bits per heavy atom. The van der Waals surface area contributed by atoms with E-state index in [9.17, 15) is 33.2 Å². The molecule has 3 aromatic carbocycles. The predicted octanol–water partition coefficient (Wildman–Crippen LogP) is 3.11. The van der Waals surface area contributed by atoms with Gasteiger partial charge in [0.2, 0.25) is 21.7 Å². The van der Waals surface area contributed by atoms with E-state index in [2.05, 4.69) is 15.0 Å². The number of fused-ring (bicyclic) bond motifs is 2. The summed E-state index contributed by atoms with van der Waals surface area (Å²) in [5, 5.41) is 24.8. The molecule has 0 spiro atoms. The largest absolute Gasteiger partial charge is 0.494 e. The smallest absolute Gasteiger partial charge is 0.328 e. The number of ketones is 1. The van der Waals surface area contributed by atoms with Crippen LogP contribution in [0.3, 0.4) is 0 Å². The molecule has 0 bridgehead atoms. The van der Waals surface area contributed by atoms with Crippen LogP contribution in [0.5, 0.6) is 5.88 Å². The Morgan fingerprint density at radius 2 is 1.68 bits per heavy atom. The van der Waals surface area contributed by atoms with Gasteiger partial charge in [-0.3, -0.25) is 14.9 Å². The number of amides is 1. The van der Waals surface area contributed by atoms with Gasteiger partial charge in [0.15, 0.2) is 0 Å². The van der Waals surface area contributed by atoms with Crippen molar-refractivity contribution >= 4 is 49.8 Å². The highest BCUT2D eigenvalue weighted by Crippen LogP contribution is 2.37. The van der Waals surface area contributed by atoms with Gasteiger partial charge in [-0.25, -0.2) is 27.5 Å². The first-order valence-electron chi connectivity index (χ1n) is 11.3. The van der Waals surface area contributed by atoms with E-state index in [1.54, 1.807) is 48.5 Å². The number of nitro groups is 1. The number of non-ortho nitro benzene ring substituents is 1. The van der Waals surface area contributed by atoms with Crippen molar-refractivity contribution in [2.45, 2.75) is 4.90 Å². The van der Waals surface area contributed by atoms with Gasteiger partial charge in [0, 0.05) is 36.2 Å². The van der Waals surface area contributed by atoms with E-state index in [1.165, 1.54) is 0 Å². The maximum atomic E-state index is 13.0. The Labute approximate surface area is 215 Å². The first kappa shape index (κ1) is 24.8. The van der Waals surface area contributed by atoms with Crippen LogP contribution in [0.2, 0.25) is 0 Å². The molecule has 12 nitrogen and oxygen atoms in total. The van der Waals surface area contributed by atoms with Crippen LogP contribution in [0.1, 0.15) is 15.9 Å². The predicted molar refractivity (Wildman–Crippen MR) is 138 cm³/mol. The monoisotopic (exact) mass is 533 g/mol. The minimum Gasteiger partial charge on any atom is -0.494 e. The quantitative estimate of drug-likeness (QED) is 0.186. The Hall–Kier alpha value is -4.88. The summed E-state index contributed by atoms with van der Waals surface area (Å²) in [6, 6.07) is 17.0. The summed E-state index contributed by atoms with van der Waals surface area (Å²) in [6.07, 6.45) is 0. The summed E-state index contributed by atoms with van der Waals surface area (Å²) in [5.41, 5.74) is 1.08. The van der Waals surface area contributed by atoms with Gasteiger partial charge in [-0.15, -0.1) is 0 Å². The summed E-state index contributed by atoms with van der Waals surface area (Å²) < 4.78 is 28.2. The summed E-state index contributed by atoms with van der Waals surface area (Å²) in [6.45, 7) is -0.337. The zero-order valence-corrected chi connectivity index (χ0v) is 20.3. The number of sulfonamides is 1. The summed E-state index contributed by atoms with van der Waals surface area (Å²) in [5.74, 6) is -0.852. The number of aliphatic imine (C=N–C) groups is 1. The highest BCUT2D eigenvalue weighted by atomic mass is 32.2. The third-order valence-corrected chi connectivity index (χ3v) is 7.41. The van der Waals surface area contributed by atoms with Gasteiger partial charge in [0.05, 0.1) is 26.6 Å². The molecule has 0 unspecified atom stereocenters. The maximum absolute atomic E-state index is 13.0. The molecule has 0 atom stereocenters. The van der Waals surface area contributed by atoms with Crippen LogP contribution < -0.4 is 10.0 Å². The number of carbonyl (C=O) groups is 2. The molecule has 0 saturated carbocycles. The van der Waals surface area contributed by atoms with Crippen LogP contribution in [-0.4, -0.2) is 53.6 Å². The number of hydrogen-bond acceptors (Lipinski definition) is 8. The number of nitro benzene ring substituents is 1. The van der Waals surface area contributed by atoms with Crippen LogP contribution in [0, 0.1) is 10.1 Å². The van der Waals surface area contributed by atoms with Crippen molar-refractivity contribution in [1.29, 1.82) is 0 Å². The van der Waals surface area contributed by atoms with Gasteiger partial charge in [-0.1, -0.05) is 30.3 Å². The van der Waals surface area contributed by atoms with Crippen molar-refractivity contribution in [3.8, 4) is 5.88 Å². The number of benzene rings is 3. The first-order chi connectivity index (χ1) is 18.2. The number of nitrogens with one attached hydrogen (secondary N) is 2. The normalized spacial score (nSPS) is 12.8. The van der Waals surface area contributed by atoms with Crippen molar-refractivity contribution in [3.63, 3.8) is 0 Å². The third-order valence-electron chi connectivity index (χ3n) is 5.94. The SMILES string of the molecule is O=C1C(c2c(O)n(C(=O)NCCNS(=O)(=O)c3ccc([N+](=O)[O-])cc3)c3ccccc23)=Nc2ccccc21. The molecule has 192 valence electrons. The van der Waals surface area contributed by atoms with E-state index >= 15 is 0 Å². The van der Waals surface area contributed by atoms with Crippen LogP contribution in [0.4, 0.5) is 16.2 Å². The third kappa shape index (κ3) is 4.29. The van der Waals surface area contributed by atoms with Crippen LogP contribution in [0.25, 0.3) is 10.9 Å². The molecule has 38 heavy (non-hydrogen) atoms. The van der Waals surface area contributed by atoms with Crippen molar-refractivity contribution in [3.05, 3.63) is 94.0 Å². The van der Waals surface area contributed by atoms with Crippen LogP contribution in [-0.2, 0) is 10.0 Å². The van der Waals surface area contributed by atoms with Gasteiger partial charge in [-0.05, 0) is 30.3 Å². The number of hydrogen-bond donors (Lipinski definition) is 3. The Kier molecular flexibility index (Phi) is 6.22. The van der Waals surface area contributed by atoms with Crippen molar-refractivity contribution in [2.24, 2.45) is 4.99 Å². The van der Waals surface area contributed by atoms with E-state index in [0.717, 1.165) is 28.8 Å². The van der Waals surface area contributed by atoms with Crippen LogP contribution in [0.15, 0.2) is 82.7 Å². The Morgan fingerprint density at radius 1 is 1.00 bits per heavy atom.